The predicted octanol–water partition coefficient (Wildman–Crippen LogP) is 2.20. The standard InChI is InChI=1S/C14H14N4O/c1-14(2,11-6-4-3-5-7-11)13(19)17-12-10(8-15)9-16-18-12/h3-7,9H,1-2H3,(H2,16,17,18,19). The molecule has 0 aliphatic heterocycles. The molecule has 2 rings (SSSR count). The molecule has 0 atom stereocenters. The first-order valence-corrected chi connectivity index (χ1v) is 5.86. The summed E-state index contributed by atoms with van der Waals surface area (Å²) in [5.41, 5.74) is 0.529. The van der Waals surface area contributed by atoms with Gasteiger partial charge in [0.25, 0.3) is 0 Å². The van der Waals surface area contributed by atoms with Crippen molar-refractivity contribution in [2.45, 2.75) is 19.3 Å². The van der Waals surface area contributed by atoms with Crippen LogP contribution >= 0.6 is 0 Å². The van der Waals surface area contributed by atoms with Crippen LogP contribution in [0.15, 0.2) is 36.5 Å². The van der Waals surface area contributed by atoms with Crippen LogP contribution < -0.4 is 5.32 Å². The lowest BCUT2D eigenvalue weighted by atomic mass is 9.84. The SMILES string of the molecule is CC(C)(C(=O)Nc1[nH]ncc1C#N)c1ccccc1. The summed E-state index contributed by atoms with van der Waals surface area (Å²) < 4.78 is 0. The number of aromatic nitrogens is 2. The number of benzene rings is 1. The van der Waals surface area contributed by atoms with Gasteiger partial charge in [0.05, 0.1) is 11.6 Å². The summed E-state index contributed by atoms with van der Waals surface area (Å²) in [4.78, 5) is 12.3. The minimum Gasteiger partial charge on any atom is -0.309 e. The zero-order chi connectivity index (χ0) is 13.9. The van der Waals surface area contributed by atoms with Gasteiger partial charge in [0, 0.05) is 0 Å². The molecule has 1 aromatic heterocycles. The minimum absolute atomic E-state index is 0.195. The smallest absolute Gasteiger partial charge is 0.235 e. The molecule has 1 heterocycles. The van der Waals surface area contributed by atoms with E-state index in [1.807, 2.05) is 50.2 Å². The lowest BCUT2D eigenvalue weighted by Gasteiger charge is -2.23. The Hall–Kier alpha value is -2.61. The van der Waals surface area contributed by atoms with Crippen molar-refractivity contribution in [3.05, 3.63) is 47.7 Å². The van der Waals surface area contributed by atoms with E-state index >= 15 is 0 Å². The molecule has 0 bridgehead atoms. The zero-order valence-electron chi connectivity index (χ0n) is 10.8. The maximum atomic E-state index is 12.3. The number of nitrogens with zero attached hydrogens (tertiary/aromatic N) is 2. The number of hydrogen-bond donors (Lipinski definition) is 2. The summed E-state index contributed by atoms with van der Waals surface area (Å²) in [5, 5.41) is 17.9. The van der Waals surface area contributed by atoms with Crippen molar-refractivity contribution in [1.29, 1.82) is 5.26 Å². The molecule has 0 radical (unpaired) electrons. The Bertz CT molecular complexity index is 622. The molecule has 0 saturated carbocycles. The summed E-state index contributed by atoms with van der Waals surface area (Å²) in [6.07, 6.45) is 1.38. The Morgan fingerprint density at radius 3 is 2.68 bits per heavy atom. The van der Waals surface area contributed by atoms with Crippen LogP contribution in [0, 0.1) is 11.3 Å². The lowest BCUT2D eigenvalue weighted by Crippen LogP contribution is -2.35. The highest BCUT2D eigenvalue weighted by molar-refractivity contribution is 5.98. The predicted molar refractivity (Wildman–Crippen MR) is 71.4 cm³/mol. The van der Waals surface area contributed by atoms with Gasteiger partial charge < -0.3 is 5.32 Å². The average molecular weight is 254 g/mol. The summed E-state index contributed by atoms with van der Waals surface area (Å²) in [7, 11) is 0. The van der Waals surface area contributed by atoms with Gasteiger partial charge in [0.15, 0.2) is 0 Å². The van der Waals surface area contributed by atoms with Crippen LogP contribution in [0.2, 0.25) is 0 Å². The number of carbonyl (C=O) groups is 1. The van der Waals surface area contributed by atoms with Crippen LogP contribution in [0.1, 0.15) is 25.0 Å². The topological polar surface area (TPSA) is 81.6 Å². The third-order valence-electron chi connectivity index (χ3n) is 3.06. The molecule has 1 amide bonds. The number of H-pyrrole nitrogens is 1. The maximum Gasteiger partial charge on any atom is 0.235 e. The van der Waals surface area contributed by atoms with Crippen molar-refractivity contribution < 1.29 is 4.79 Å². The minimum atomic E-state index is -0.695. The van der Waals surface area contributed by atoms with E-state index in [0.29, 0.717) is 11.4 Å². The molecule has 0 spiro atoms. The Balaban J connectivity index is 2.23. The highest BCUT2D eigenvalue weighted by atomic mass is 16.2. The second kappa shape index (κ2) is 4.94. The number of rotatable bonds is 3. The van der Waals surface area contributed by atoms with Crippen molar-refractivity contribution in [3.8, 4) is 6.07 Å². The summed E-state index contributed by atoms with van der Waals surface area (Å²) >= 11 is 0. The second-order valence-electron chi connectivity index (χ2n) is 4.72. The maximum absolute atomic E-state index is 12.3. The van der Waals surface area contributed by atoms with Crippen molar-refractivity contribution in [2.75, 3.05) is 5.32 Å². The molecule has 0 unspecified atom stereocenters. The first-order chi connectivity index (χ1) is 9.05. The fourth-order valence-electron chi connectivity index (χ4n) is 1.72. The summed E-state index contributed by atoms with van der Waals surface area (Å²) in [6.45, 7) is 3.67. The van der Waals surface area contributed by atoms with Crippen molar-refractivity contribution in [3.63, 3.8) is 0 Å². The number of nitriles is 1. The van der Waals surface area contributed by atoms with E-state index in [-0.39, 0.29) is 5.91 Å². The van der Waals surface area contributed by atoms with E-state index < -0.39 is 5.41 Å². The first kappa shape index (κ1) is 12.8. The van der Waals surface area contributed by atoms with Gasteiger partial charge in [-0.05, 0) is 19.4 Å². The Labute approximate surface area is 111 Å². The molecule has 0 saturated heterocycles. The quantitative estimate of drug-likeness (QED) is 0.880. The monoisotopic (exact) mass is 254 g/mol. The molecule has 0 aliphatic rings. The lowest BCUT2D eigenvalue weighted by molar-refractivity contribution is -0.120. The molecular weight excluding hydrogens is 240 g/mol. The Morgan fingerprint density at radius 1 is 1.37 bits per heavy atom. The molecule has 0 fully saturated rings. The van der Waals surface area contributed by atoms with Crippen LogP contribution in [0.5, 0.6) is 0 Å². The second-order valence-corrected chi connectivity index (χ2v) is 4.72. The molecule has 0 aliphatic carbocycles. The fourth-order valence-corrected chi connectivity index (χ4v) is 1.72. The number of aromatic amines is 1. The van der Waals surface area contributed by atoms with Crippen LogP contribution in [-0.4, -0.2) is 16.1 Å². The van der Waals surface area contributed by atoms with Crippen LogP contribution in [-0.2, 0) is 10.2 Å². The van der Waals surface area contributed by atoms with Crippen LogP contribution in [0.25, 0.3) is 0 Å². The van der Waals surface area contributed by atoms with Gasteiger partial charge in [-0.2, -0.15) is 10.4 Å². The van der Waals surface area contributed by atoms with E-state index in [1.54, 1.807) is 0 Å². The third kappa shape index (κ3) is 2.47. The average Bonchev–Trinajstić information content (AvgIpc) is 2.87. The van der Waals surface area contributed by atoms with Crippen molar-refractivity contribution in [1.82, 2.24) is 10.2 Å². The van der Waals surface area contributed by atoms with Crippen molar-refractivity contribution >= 4 is 11.7 Å². The number of anilines is 1. The van der Waals surface area contributed by atoms with E-state index in [0.717, 1.165) is 5.56 Å². The Kier molecular flexibility index (Phi) is 3.34. The van der Waals surface area contributed by atoms with Gasteiger partial charge in [-0.15, -0.1) is 0 Å². The Morgan fingerprint density at radius 2 is 2.05 bits per heavy atom. The first-order valence-electron chi connectivity index (χ1n) is 5.86. The molecular formula is C14H14N4O. The van der Waals surface area contributed by atoms with E-state index in [2.05, 4.69) is 15.5 Å². The summed E-state index contributed by atoms with van der Waals surface area (Å²) in [5.74, 6) is 0.135. The molecule has 96 valence electrons. The van der Waals surface area contributed by atoms with Gasteiger partial charge in [-0.25, -0.2) is 0 Å². The van der Waals surface area contributed by atoms with E-state index in [4.69, 9.17) is 5.26 Å². The molecule has 1 aromatic carbocycles. The van der Waals surface area contributed by atoms with Gasteiger partial charge in [-0.1, -0.05) is 30.3 Å². The normalized spacial score (nSPS) is 10.8. The molecule has 5 nitrogen and oxygen atoms in total. The molecule has 2 N–H and O–H groups in total. The van der Waals surface area contributed by atoms with Gasteiger partial charge in [0.2, 0.25) is 5.91 Å². The molecule has 2 aromatic rings. The third-order valence-corrected chi connectivity index (χ3v) is 3.06. The number of nitrogens with one attached hydrogen (secondary N) is 2. The van der Waals surface area contributed by atoms with Crippen LogP contribution in [0.3, 0.4) is 0 Å². The number of amides is 1. The molecule has 19 heavy (non-hydrogen) atoms. The van der Waals surface area contributed by atoms with Gasteiger partial charge in [0.1, 0.15) is 17.5 Å². The van der Waals surface area contributed by atoms with E-state index in [1.165, 1.54) is 6.20 Å². The molecule has 5 heteroatoms. The number of carbonyl (C=O) groups excluding carboxylic acids is 1. The highest BCUT2D eigenvalue weighted by Crippen LogP contribution is 2.25. The van der Waals surface area contributed by atoms with E-state index in [9.17, 15) is 4.79 Å². The summed E-state index contributed by atoms with van der Waals surface area (Å²) in [6, 6.07) is 11.4. The van der Waals surface area contributed by atoms with Gasteiger partial charge >= 0.3 is 0 Å². The van der Waals surface area contributed by atoms with Crippen molar-refractivity contribution in [2.24, 2.45) is 0 Å². The largest absolute Gasteiger partial charge is 0.309 e. The highest BCUT2D eigenvalue weighted by Gasteiger charge is 2.30. The van der Waals surface area contributed by atoms with Gasteiger partial charge in [-0.3, -0.25) is 9.89 Å². The van der Waals surface area contributed by atoms with Crippen LogP contribution in [0.4, 0.5) is 5.82 Å². The fraction of sp³-hybridized carbons (Fsp3) is 0.214. The number of hydrogen-bond acceptors (Lipinski definition) is 3. The zero-order valence-corrected chi connectivity index (χ0v) is 10.8.